The summed E-state index contributed by atoms with van der Waals surface area (Å²) < 4.78 is 0. The maximum Gasteiger partial charge on any atom is 0.0388 e. The van der Waals surface area contributed by atoms with Gasteiger partial charge >= 0.3 is 0 Å². The third-order valence-electron chi connectivity index (χ3n) is 2.75. The summed E-state index contributed by atoms with van der Waals surface area (Å²) in [5.74, 6) is 0. The van der Waals surface area contributed by atoms with Crippen LogP contribution >= 0.6 is 11.3 Å². The molecule has 3 heteroatoms. The van der Waals surface area contributed by atoms with Gasteiger partial charge in [0.25, 0.3) is 0 Å². The van der Waals surface area contributed by atoms with Gasteiger partial charge in [0.15, 0.2) is 0 Å². The number of thiophene rings is 1. The van der Waals surface area contributed by atoms with E-state index in [-0.39, 0.29) is 0 Å². The molecule has 0 spiro atoms. The van der Waals surface area contributed by atoms with Crippen LogP contribution in [0.15, 0.2) is 17.5 Å². The molecule has 1 aromatic rings. The second kappa shape index (κ2) is 4.91. The van der Waals surface area contributed by atoms with Crippen molar-refractivity contribution < 1.29 is 0 Å². The highest BCUT2D eigenvalue weighted by molar-refractivity contribution is 7.10. The topological polar surface area (TPSA) is 24.1 Å². The molecule has 0 aliphatic carbocycles. The summed E-state index contributed by atoms with van der Waals surface area (Å²) in [5, 5.41) is 9.24. The van der Waals surface area contributed by atoms with Gasteiger partial charge in [-0.15, -0.1) is 11.3 Å². The minimum Gasteiger partial charge on any atom is -0.315 e. The standard InChI is InChI=1S/C11H18N2S/c1-9(11-5-3-7-14-11)13-10-4-2-6-12-8-10/h3,5,7,9-10,12-13H,2,4,6,8H2,1H3/t9-,10?/m1/s1. The van der Waals surface area contributed by atoms with Gasteiger partial charge in [-0.1, -0.05) is 6.07 Å². The summed E-state index contributed by atoms with van der Waals surface area (Å²) in [6, 6.07) is 5.48. The first kappa shape index (κ1) is 10.1. The Labute approximate surface area is 89.7 Å². The van der Waals surface area contributed by atoms with Crippen LogP contribution in [0.1, 0.15) is 30.7 Å². The van der Waals surface area contributed by atoms with Crippen molar-refractivity contribution in [3.05, 3.63) is 22.4 Å². The predicted molar refractivity (Wildman–Crippen MR) is 61.8 cm³/mol. The monoisotopic (exact) mass is 210 g/mol. The average molecular weight is 210 g/mol. The van der Waals surface area contributed by atoms with Gasteiger partial charge < -0.3 is 10.6 Å². The van der Waals surface area contributed by atoms with Crippen LogP contribution < -0.4 is 10.6 Å². The molecule has 2 rings (SSSR count). The minimum absolute atomic E-state index is 0.500. The zero-order chi connectivity index (χ0) is 9.80. The lowest BCUT2D eigenvalue weighted by Crippen LogP contribution is -2.43. The summed E-state index contributed by atoms with van der Waals surface area (Å²) in [6.07, 6.45) is 2.61. The van der Waals surface area contributed by atoms with Crippen molar-refractivity contribution in [1.29, 1.82) is 0 Å². The third-order valence-corrected chi connectivity index (χ3v) is 3.81. The lowest BCUT2D eigenvalue weighted by molar-refractivity contribution is 0.364. The van der Waals surface area contributed by atoms with Gasteiger partial charge in [0.1, 0.15) is 0 Å². The van der Waals surface area contributed by atoms with E-state index in [0.29, 0.717) is 12.1 Å². The fraction of sp³-hybridized carbons (Fsp3) is 0.636. The van der Waals surface area contributed by atoms with Crippen LogP contribution in [0.3, 0.4) is 0 Å². The molecule has 2 N–H and O–H groups in total. The highest BCUT2D eigenvalue weighted by Crippen LogP contribution is 2.19. The number of rotatable bonds is 3. The van der Waals surface area contributed by atoms with Crippen molar-refractivity contribution in [2.45, 2.75) is 31.8 Å². The summed E-state index contributed by atoms with van der Waals surface area (Å²) >= 11 is 1.84. The fourth-order valence-corrected chi connectivity index (χ4v) is 2.71. The van der Waals surface area contributed by atoms with E-state index in [9.17, 15) is 0 Å². The van der Waals surface area contributed by atoms with Gasteiger partial charge in [-0.2, -0.15) is 0 Å². The molecule has 0 saturated carbocycles. The van der Waals surface area contributed by atoms with E-state index in [2.05, 4.69) is 35.1 Å². The molecule has 2 atom stereocenters. The molecule has 1 fully saturated rings. The Hall–Kier alpha value is -0.380. The molecule has 1 aliphatic rings. The lowest BCUT2D eigenvalue weighted by Gasteiger charge is -2.26. The summed E-state index contributed by atoms with van der Waals surface area (Å²) in [6.45, 7) is 4.56. The Morgan fingerprint density at radius 1 is 1.64 bits per heavy atom. The minimum atomic E-state index is 0.500. The van der Waals surface area contributed by atoms with Crippen LogP contribution in [0.2, 0.25) is 0 Å². The van der Waals surface area contributed by atoms with Crippen LogP contribution in [-0.2, 0) is 0 Å². The molecule has 2 heterocycles. The van der Waals surface area contributed by atoms with E-state index in [4.69, 9.17) is 0 Å². The normalized spacial score (nSPS) is 24.8. The van der Waals surface area contributed by atoms with E-state index in [1.54, 1.807) is 0 Å². The summed E-state index contributed by atoms with van der Waals surface area (Å²) in [4.78, 5) is 1.44. The zero-order valence-electron chi connectivity index (χ0n) is 8.62. The lowest BCUT2D eigenvalue weighted by atomic mass is 10.1. The molecule has 14 heavy (non-hydrogen) atoms. The van der Waals surface area contributed by atoms with Gasteiger partial charge in [-0.3, -0.25) is 0 Å². The second-order valence-corrected chi connectivity index (χ2v) is 4.93. The van der Waals surface area contributed by atoms with E-state index in [0.717, 1.165) is 6.54 Å². The quantitative estimate of drug-likeness (QED) is 0.799. The Morgan fingerprint density at radius 3 is 3.21 bits per heavy atom. The van der Waals surface area contributed by atoms with Gasteiger partial charge in [0.05, 0.1) is 0 Å². The van der Waals surface area contributed by atoms with Gasteiger partial charge in [0, 0.05) is 23.5 Å². The highest BCUT2D eigenvalue weighted by atomic mass is 32.1. The van der Waals surface area contributed by atoms with Crippen molar-refractivity contribution in [2.24, 2.45) is 0 Å². The van der Waals surface area contributed by atoms with Gasteiger partial charge in [-0.05, 0) is 37.8 Å². The molecular formula is C11H18N2S. The molecule has 0 amide bonds. The molecule has 1 unspecified atom stereocenters. The van der Waals surface area contributed by atoms with Crippen molar-refractivity contribution in [3.8, 4) is 0 Å². The largest absolute Gasteiger partial charge is 0.315 e. The smallest absolute Gasteiger partial charge is 0.0388 e. The van der Waals surface area contributed by atoms with Gasteiger partial charge in [-0.25, -0.2) is 0 Å². The molecular weight excluding hydrogens is 192 g/mol. The van der Waals surface area contributed by atoms with E-state index in [1.165, 1.54) is 24.3 Å². The average Bonchev–Trinajstić information content (AvgIpc) is 2.72. The Bertz CT molecular complexity index is 252. The van der Waals surface area contributed by atoms with Crippen LogP contribution in [-0.4, -0.2) is 19.1 Å². The number of hydrogen-bond donors (Lipinski definition) is 2. The molecule has 2 nitrogen and oxygen atoms in total. The molecule has 0 aromatic carbocycles. The fourth-order valence-electron chi connectivity index (χ4n) is 1.97. The molecule has 1 aromatic heterocycles. The van der Waals surface area contributed by atoms with E-state index >= 15 is 0 Å². The van der Waals surface area contributed by atoms with Crippen LogP contribution in [0.25, 0.3) is 0 Å². The maximum atomic E-state index is 3.67. The first-order valence-corrected chi connectivity index (χ1v) is 6.24. The van der Waals surface area contributed by atoms with E-state index < -0.39 is 0 Å². The second-order valence-electron chi connectivity index (χ2n) is 3.95. The number of piperidine rings is 1. The van der Waals surface area contributed by atoms with E-state index in [1.807, 2.05) is 11.3 Å². The van der Waals surface area contributed by atoms with Crippen LogP contribution in [0.4, 0.5) is 0 Å². The molecule has 0 bridgehead atoms. The zero-order valence-corrected chi connectivity index (χ0v) is 9.44. The molecule has 0 radical (unpaired) electrons. The Kier molecular flexibility index (Phi) is 3.56. The summed E-state index contributed by atoms with van der Waals surface area (Å²) in [5.41, 5.74) is 0. The molecule has 1 saturated heterocycles. The maximum absolute atomic E-state index is 3.67. The Balaban J connectivity index is 1.84. The van der Waals surface area contributed by atoms with Crippen molar-refractivity contribution >= 4 is 11.3 Å². The van der Waals surface area contributed by atoms with Crippen molar-refractivity contribution in [3.63, 3.8) is 0 Å². The van der Waals surface area contributed by atoms with Gasteiger partial charge in [0.2, 0.25) is 0 Å². The number of nitrogens with one attached hydrogen (secondary N) is 2. The molecule has 78 valence electrons. The highest BCUT2D eigenvalue weighted by Gasteiger charge is 2.15. The molecule has 1 aliphatic heterocycles. The van der Waals surface area contributed by atoms with Crippen LogP contribution in [0.5, 0.6) is 0 Å². The third kappa shape index (κ3) is 2.56. The first-order chi connectivity index (χ1) is 6.86. The number of hydrogen-bond acceptors (Lipinski definition) is 3. The van der Waals surface area contributed by atoms with Crippen molar-refractivity contribution in [2.75, 3.05) is 13.1 Å². The Morgan fingerprint density at radius 2 is 2.57 bits per heavy atom. The SMILES string of the molecule is C[C@@H](NC1CCCNC1)c1cccs1. The predicted octanol–water partition coefficient (Wildman–Crippen LogP) is 2.15. The first-order valence-electron chi connectivity index (χ1n) is 5.36. The van der Waals surface area contributed by atoms with Crippen molar-refractivity contribution in [1.82, 2.24) is 10.6 Å². The van der Waals surface area contributed by atoms with Crippen LogP contribution in [0, 0.1) is 0 Å². The summed E-state index contributed by atoms with van der Waals surface area (Å²) in [7, 11) is 0.